The summed E-state index contributed by atoms with van der Waals surface area (Å²) in [6.07, 6.45) is 0. The zero-order chi connectivity index (χ0) is 15.8. The molecule has 0 amide bonds. The first-order valence-corrected chi connectivity index (χ1v) is 8.31. The van der Waals surface area contributed by atoms with Crippen molar-refractivity contribution in [1.82, 2.24) is 0 Å². The van der Waals surface area contributed by atoms with Crippen LogP contribution in [0.5, 0.6) is 0 Å². The van der Waals surface area contributed by atoms with Gasteiger partial charge < -0.3 is 5.73 Å². The van der Waals surface area contributed by atoms with Crippen molar-refractivity contribution in [2.24, 2.45) is 0 Å². The van der Waals surface area contributed by atoms with E-state index in [1.165, 1.54) is 12.1 Å². The normalized spacial score (nSPS) is 11.3. The highest BCUT2D eigenvalue weighted by Gasteiger charge is 2.25. The monoisotopic (exact) mass is 395 g/mol. The van der Waals surface area contributed by atoms with E-state index >= 15 is 0 Å². The van der Waals surface area contributed by atoms with Gasteiger partial charge in [-0.15, -0.1) is 0 Å². The van der Waals surface area contributed by atoms with E-state index in [0.717, 1.165) is 12.1 Å². The summed E-state index contributed by atoms with van der Waals surface area (Å²) in [5, 5.41) is 10.4. The summed E-state index contributed by atoms with van der Waals surface area (Å²) < 4.78 is 39.9. The van der Waals surface area contributed by atoms with E-state index < -0.39 is 26.5 Å². The fourth-order valence-electron chi connectivity index (χ4n) is 1.42. The summed E-state index contributed by atoms with van der Waals surface area (Å²) in [6.45, 7) is 0. The molecule has 3 N–H and O–H groups in total. The molecule has 0 aliphatic rings. The number of nitrogens with two attached hydrogens (primary N) is 1. The minimum absolute atomic E-state index is 0.241. The lowest BCUT2D eigenvalue weighted by atomic mass is 10.3. The van der Waals surface area contributed by atoms with E-state index in [4.69, 9.17) is 5.73 Å². The second kappa shape index (κ2) is 5.58. The number of halogens is 2. The molecule has 21 heavy (non-hydrogen) atoms. The minimum Gasteiger partial charge on any atom is -0.385 e. The maximum atomic E-state index is 13.6. The molecule has 0 aliphatic heterocycles. The van der Waals surface area contributed by atoms with Gasteiger partial charge in [0.15, 0.2) is 5.00 Å². The van der Waals surface area contributed by atoms with Crippen molar-refractivity contribution in [2.75, 3.05) is 10.5 Å². The number of thiophene rings is 1. The van der Waals surface area contributed by atoms with Gasteiger partial charge in [0, 0.05) is 10.5 Å². The second-order valence-corrected chi connectivity index (χ2v) is 7.71. The van der Waals surface area contributed by atoms with Crippen LogP contribution < -0.4 is 10.5 Å². The first kappa shape index (κ1) is 15.7. The van der Waals surface area contributed by atoms with Crippen molar-refractivity contribution in [1.29, 1.82) is 0 Å². The molecule has 0 radical (unpaired) electrons. The van der Waals surface area contributed by atoms with Crippen molar-refractivity contribution < 1.29 is 17.7 Å². The second-order valence-electron chi connectivity index (χ2n) is 3.80. The Balaban J connectivity index is 2.41. The lowest BCUT2D eigenvalue weighted by molar-refractivity contribution is -0.383. The Kier molecular flexibility index (Phi) is 4.16. The number of hydrogen-bond acceptors (Lipinski definition) is 6. The number of benzene rings is 1. The van der Waals surface area contributed by atoms with Crippen molar-refractivity contribution >= 4 is 53.7 Å². The fourth-order valence-corrected chi connectivity index (χ4v) is 4.05. The molecule has 11 heteroatoms. The first-order valence-electron chi connectivity index (χ1n) is 5.22. The van der Waals surface area contributed by atoms with Crippen molar-refractivity contribution in [3.8, 4) is 0 Å². The van der Waals surface area contributed by atoms with Gasteiger partial charge in [-0.1, -0.05) is 27.3 Å². The summed E-state index contributed by atoms with van der Waals surface area (Å²) in [5.74, 6) is -0.777. The Morgan fingerprint density at radius 1 is 1.38 bits per heavy atom. The quantitative estimate of drug-likeness (QED) is 0.609. The topological polar surface area (TPSA) is 115 Å². The third-order valence-electron chi connectivity index (χ3n) is 2.35. The summed E-state index contributed by atoms with van der Waals surface area (Å²) in [7, 11) is -4.16. The van der Waals surface area contributed by atoms with Gasteiger partial charge in [0.2, 0.25) is 0 Å². The molecular weight excluding hydrogens is 389 g/mol. The van der Waals surface area contributed by atoms with Crippen LogP contribution in [0.25, 0.3) is 0 Å². The number of hydrogen-bond donors (Lipinski definition) is 2. The molecule has 0 bridgehead atoms. The van der Waals surface area contributed by atoms with Gasteiger partial charge in [-0.05, 0) is 18.2 Å². The first-order chi connectivity index (χ1) is 9.70. The van der Waals surface area contributed by atoms with Crippen LogP contribution in [0.15, 0.2) is 32.9 Å². The number of nitrogens with zero attached hydrogens (tertiary/aromatic N) is 1. The molecule has 0 aliphatic carbocycles. The smallest absolute Gasteiger partial charge is 0.304 e. The number of nitro groups is 1. The molecule has 1 aromatic carbocycles. The Morgan fingerprint density at radius 2 is 2.05 bits per heavy atom. The summed E-state index contributed by atoms with van der Waals surface area (Å²) in [5.41, 5.74) is 4.61. The van der Waals surface area contributed by atoms with Crippen LogP contribution in [-0.4, -0.2) is 13.3 Å². The third kappa shape index (κ3) is 3.31. The molecule has 2 rings (SSSR count). The molecule has 7 nitrogen and oxygen atoms in total. The third-order valence-corrected chi connectivity index (χ3v) is 5.64. The molecule has 0 atom stereocenters. The summed E-state index contributed by atoms with van der Waals surface area (Å²) >= 11 is 3.62. The van der Waals surface area contributed by atoms with E-state index in [0.29, 0.717) is 15.8 Å². The Morgan fingerprint density at radius 3 is 2.62 bits per heavy atom. The van der Waals surface area contributed by atoms with Crippen LogP contribution >= 0.6 is 27.3 Å². The van der Waals surface area contributed by atoms with E-state index in [-0.39, 0.29) is 14.9 Å². The Labute approximate surface area is 130 Å². The number of nitrogens with one attached hydrogen (secondary N) is 1. The van der Waals surface area contributed by atoms with Gasteiger partial charge in [0.1, 0.15) is 10.0 Å². The highest BCUT2D eigenvalue weighted by Crippen LogP contribution is 2.35. The van der Waals surface area contributed by atoms with Crippen LogP contribution in [-0.2, 0) is 10.0 Å². The van der Waals surface area contributed by atoms with Crippen molar-refractivity contribution in [2.45, 2.75) is 4.21 Å². The van der Waals surface area contributed by atoms with E-state index in [2.05, 4.69) is 15.9 Å². The maximum absolute atomic E-state index is 13.6. The zero-order valence-electron chi connectivity index (χ0n) is 10.0. The number of rotatable bonds is 4. The van der Waals surface area contributed by atoms with Crippen LogP contribution in [0, 0.1) is 15.9 Å². The van der Waals surface area contributed by atoms with Gasteiger partial charge in [-0.3, -0.25) is 14.8 Å². The average molecular weight is 396 g/mol. The van der Waals surface area contributed by atoms with Crippen LogP contribution in [0.3, 0.4) is 0 Å². The standard InChI is InChI=1S/C10H7BrFN3O4S2/c11-5-1-2-6(12)7(3-5)14-21(18,19)9-4-8(15(16)17)10(13)20-9/h1-4,14H,13H2. The largest absolute Gasteiger partial charge is 0.385 e. The highest BCUT2D eigenvalue weighted by molar-refractivity contribution is 9.10. The Bertz CT molecular complexity index is 822. The number of sulfonamides is 1. The van der Waals surface area contributed by atoms with Gasteiger partial charge in [-0.25, -0.2) is 12.8 Å². The van der Waals surface area contributed by atoms with E-state index in [1.807, 2.05) is 4.72 Å². The van der Waals surface area contributed by atoms with Gasteiger partial charge >= 0.3 is 5.69 Å². The van der Waals surface area contributed by atoms with Crippen LogP contribution in [0.2, 0.25) is 0 Å². The molecule has 0 spiro atoms. The van der Waals surface area contributed by atoms with Gasteiger partial charge in [0.25, 0.3) is 10.0 Å². The van der Waals surface area contributed by atoms with Gasteiger partial charge in [0.05, 0.1) is 10.6 Å². The predicted molar refractivity (Wildman–Crippen MR) is 80.3 cm³/mol. The molecule has 1 aromatic heterocycles. The van der Waals surface area contributed by atoms with Crippen LogP contribution in [0.1, 0.15) is 0 Å². The number of anilines is 2. The SMILES string of the molecule is Nc1sc(S(=O)(=O)Nc2cc(Br)ccc2F)cc1[N+](=O)[O-]. The summed E-state index contributed by atoms with van der Waals surface area (Å²) in [4.78, 5) is 9.88. The highest BCUT2D eigenvalue weighted by atomic mass is 79.9. The van der Waals surface area contributed by atoms with Crippen molar-refractivity contribution in [3.05, 3.63) is 44.7 Å². The molecule has 2 aromatic rings. The molecule has 0 saturated carbocycles. The average Bonchev–Trinajstić information content (AvgIpc) is 2.77. The lowest BCUT2D eigenvalue weighted by Crippen LogP contribution is -2.12. The molecular formula is C10H7BrFN3O4S2. The molecule has 1 heterocycles. The molecule has 0 unspecified atom stereocenters. The molecule has 0 fully saturated rings. The Hall–Kier alpha value is -1.72. The van der Waals surface area contributed by atoms with E-state index in [1.54, 1.807) is 0 Å². The van der Waals surface area contributed by atoms with Crippen molar-refractivity contribution in [3.63, 3.8) is 0 Å². The summed E-state index contributed by atoms with van der Waals surface area (Å²) in [6, 6.07) is 4.55. The van der Waals surface area contributed by atoms with E-state index in [9.17, 15) is 22.9 Å². The van der Waals surface area contributed by atoms with Gasteiger partial charge in [-0.2, -0.15) is 0 Å². The minimum atomic E-state index is -4.16. The maximum Gasteiger partial charge on any atom is 0.304 e. The number of nitrogen functional groups attached to an aromatic ring is 1. The molecule has 112 valence electrons. The zero-order valence-corrected chi connectivity index (χ0v) is 13.3. The fraction of sp³-hybridized carbons (Fsp3) is 0. The predicted octanol–water partition coefficient (Wildman–Crippen LogP) is 2.94. The molecule has 0 saturated heterocycles. The lowest BCUT2D eigenvalue weighted by Gasteiger charge is -2.07. The van der Waals surface area contributed by atoms with Crippen LogP contribution in [0.4, 0.5) is 20.8 Å².